The van der Waals surface area contributed by atoms with E-state index in [-0.39, 0.29) is 18.2 Å². The summed E-state index contributed by atoms with van der Waals surface area (Å²) in [5, 5.41) is 0. The van der Waals surface area contributed by atoms with Gasteiger partial charge in [0.05, 0.1) is 12.1 Å². The van der Waals surface area contributed by atoms with Crippen LogP contribution in [0.3, 0.4) is 0 Å². The molecule has 1 aliphatic heterocycles. The quantitative estimate of drug-likeness (QED) is 0.789. The molecule has 0 aliphatic carbocycles. The molecule has 0 radical (unpaired) electrons. The number of rotatable bonds is 5. The maximum atomic E-state index is 12.8. The van der Waals surface area contributed by atoms with E-state index >= 15 is 0 Å². The van der Waals surface area contributed by atoms with Gasteiger partial charge in [0.25, 0.3) is 0 Å². The molecule has 7 nitrogen and oxygen atoms in total. The molecule has 124 valence electrons. The van der Waals surface area contributed by atoms with Crippen LogP contribution in [0.2, 0.25) is 0 Å². The van der Waals surface area contributed by atoms with Crippen molar-refractivity contribution in [1.82, 2.24) is 18.8 Å². The van der Waals surface area contributed by atoms with Gasteiger partial charge in [-0.05, 0) is 19.3 Å². The van der Waals surface area contributed by atoms with Crippen LogP contribution in [0.1, 0.15) is 26.2 Å². The second-order valence-electron chi connectivity index (χ2n) is 5.95. The summed E-state index contributed by atoms with van der Waals surface area (Å²) in [4.78, 5) is 18.4. The molecule has 1 saturated heterocycles. The lowest BCUT2D eigenvalue weighted by molar-refractivity contribution is -0.140. The molecule has 0 bridgehead atoms. The Bertz CT molecular complexity index is 612. The number of nitrogens with zero attached hydrogens (tertiary/aromatic N) is 4. The highest BCUT2D eigenvalue weighted by Gasteiger charge is 2.47. The minimum Gasteiger partial charge on any atom is -0.347 e. The molecule has 0 saturated carbocycles. The van der Waals surface area contributed by atoms with Gasteiger partial charge in [-0.2, -0.15) is 4.31 Å². The summed E-state index contributed by atoms with van der Waals surface area (Å²) in [5.74, 6) is 0.0188. The number of sulfonamides is 1. The normalized spacial score (nSPS) is 23.4. The Morgan fingerprint density at radius 3 is 2.68 bits per heavy atom. The summed E-state index contributed by atoms with van der Waals surface area (Å²) in [7, 11) is 0.0640. The molecule has 1 unspecified atom stereocenters. The van der Waals surface area contributed by atoms with Crippen LogP contribution in [-0.4, -0.2) is 66.0 Å². The van der Waals surface area contributed by atoms with Gasteiger partial charge in [-0.3, -0.25) is 4.79 Å². The van der Waals surface area contributed by atoms with Crippen LogP contribution < -0.4 is 0 Å². The number of aromatic nitrogens is 2. The zero-order valence-electron chi connectivity index (χ0n) is 13.4. The Labute approximate surface area is 132 Å². The summed E-state index contributed by atoms with van der Waals surface area (Å²) in [5.41, 5.74) is -0.904. The third-order valence-corrected chi connectivity index (χ3v) is 6.12. The van der Waals surface area contributed by atoms with Crippen molar-refractivity contribution in [3.8, 4) is 0 Å². The lowest BCUT2D eigenvalue weighted by atomic mass is 9.88. The van der Waals surface area contributed by atoms with Gasteiger partial charge in [-0.15, -0.1) is 0 Å². The van der Waals surface area contributed by atoms with E-state index in [0.29, 0.717) is 25.8 Å². The lowest BCUT2D eigenvalue weighted by Gasteiger charge is -2.42. The summed E-state index contributed by atoms with van der Waals surface area (Å²) in [6.07, 6.45) is 6.77. The third-order valence-electron chi connectivity index (χ3n) is 4.09. The molecule has 0 aromatic carbocycles. The average molecular weight is 328 g/mol. The minimum absolute atomic E-state index is 0.0955. The molecule has 2 rings (SSSR count). The van der Waals surface area contributed by atoms with Crippen LogP contribution >= 0.6 is 0 Å². The van der Waals surface area contributed by atoms with Gasteiger partial charge in [-0.25, -0.2) is 13.4 Å². The fourth-order valence-electron chi connectivity index (χ4n) is 3.05. The van der Waals surface area contributed by atoms with E-state index in [9.17, 15) is 13.2 Å². The van der Waals surface area contributed by atoms with Crippen molar-refractivity contribution in [2.24, 2.45) is 0 Å². The summed E-state index contributed by atoms with van der Waals surface area (Å²) >= 11 is 0. The molecule has 8 heteroatoms. The van der Waals surface area contributed by atoms with Gasteiger partial charge >= 0.3 is 0 Å². The summed E-state index contributed by atoms with van der Waals surface area (Å²) in [6, 6.07) is 0. The second-order valence-corrected chi connectivity index (χ2v) is 8.04. The third kappa shape index (κ3) is 3.03. The van der Waals surface area contributed by atoms with Gasteiger partial charge in [0.2, 0.25) is 15.9 Å². The van der Waals surface area contributed by atoms with Crippen molar-refractivity contribution >= 4 is 15.9 Å². The van der Waals surface area contributed by atoms with Crippen LogP contribution in [0, 0.1) is 0 Å². The fourth-order valence-corrected chi connectivity index (χ4v) is 4.64. The van der Waals surface area contributed by atoms with Crippen molar-refractivity contribution in [3.63, 3.8) is 0 Å². The van der Waals surface area contributed by atoms with E-state index in [1.807, 2.05) is 6.92 Å². The molecule has 2 heterocycles. The van der Waals surface area contributed by atoms with Crippen LogP contribution in [0.4, 0.5) is 0 Å². The van der Waals surface area contributed by atoms with Gasteiger partial charge in [0.1, 0.15) is 5.54 Å². The van der Waals surface area contributed by atoms with E-state index < -0.39 is 15.6 Å². The number of hydrogen-bond donors (Lipinski definition) is 0. The van der Waals surface area contributed by atoms with Gasteiger partial charge in [0, 0.05) is 39.6 Å². The number of carbonyl (C=O) groups excluding carboxylic acids is 1. The first kappa shape index (κ1) is 17.0. The van der Waals surface area contributed by atoms with E-state index in [0.717, 1.165) is 0 Å². The number of hydrogen-bond acceptors (Lipinski definition) is 4. The standard InChI is InChI=1S/C14H24N4O3S/c1-4-10-22(20,21)18-8-5-6-14(11-18,13(19)16(2)3)17-9-7-15-12-17/h7,9,12H,4-6,8,10-11H2,1-3H3. The molecule has 22 heavy (non-hydrogen) atoms. The molecular weight excluding hydrogens is 304 g/mol. The van der Waals surface area contributed by atoms with Gasteiger partial charge < -0.3 is 9.47 Å². The van der Waals surface area contributed by atoms with Gasteiger partial charge in [0.15, 0.2) is 0 Å². The maximum Gasteiger partial charge on any atom is 0.249 e. The molecule has 1 aromatic rings. The van der Waals surface area contributed by atoms with E-state index in [2.05, 4.69) is 4.98 Å². The number of likely N-dealkylation sites (N-methyl/N-ethyl adjacent to an activating group) is 1. The van der Waals surface area contributed by atoms with Crippen LogP contribution in [0.15, 0.2) is 18.7 Å². The second kappa shape index (κ2) is 6.37. The topological polar surface area (TPSA) is 75.5 Å². The molecular formula is C14H24N4O3S. The monoisotopic (exact) mass is 328 g/mol. The smallest absolute Gasteiger partial charge is 0.249 e. The summed E-state index contributed by atoms with van der Waals surface area (Å²) in [6.45, 7) is 2.48. The highest BCUT2D eigenvalue weighted by Crippen LogP contribution is 2.32. The Kier molecular flexibility index (Phi) is 4.91. The van der Waals surface area contributed by atoms with E-state index in [1.54, 1.807) is 37.4 Å². The molecule has 1 fully saturated rings. The van der Waals surface area contributed by atoms with Crippen LogP contribution in [0.25, 0.3) is 0 Å². The van der Waals surface area contributed by atoms with E-state index in [4.69, 9.17) is 0 Å². The average Bonchev–Trinajstić information content (AvgIpc) is 3.01. The molecule has 1 aromatic heterocycles. The number of piperidine rings is 1. The molecule has 0 spiro atoms. The Balaban J connectivity index is 2.40. The minimum atomic E-state index is -3.33. The van der Waals surface area contributed by atoms with Crippen molar-refractivity contribution in [3.05, 3.63) is 18.7 Å². The lowest BCUT2D eigenvalue weighted by Crippen LogP contribution is -2.58. The molecule has 1 aliphatic rings. The number of amides is 1. The highest BCUT2D eigenvalue weighted by molar-refractivity contribution is 7.89. The predicted octanol–water partition coefficient (Wildman–Crippen LogP) is 0.502. The Morgan fingerprint density at radius 2 is 2.14 bits per heavy atom. The van der Waals surface area contributed by atoms with Crippen molar-refractivity contribution in [2.75, 3.05) is 32.9 Å². The fraction of sp³-hybridized carbons (Fsp3) is 0.714. The molecule has 1 atom stereocenters. The molecule has 0 N–H and O–H groups in total. The molecule has 1 amide bonds. The van der Waals surface area contributed by atoms with Gasteiger partial charge in [-0.1, -0.05) is 6.92 Å². The highest BCUT2D eigenvalue weighted by atomic mass is 32.2. The van der Waals surface area contributed by atoms with E-state index in [1.165, 1.54) is 9.21 Å². The van der Waals surface area contributed by atoms with Crippen molar-refractivity contribution in [2.45, 2.75) is 31.7 Å². The summed E-state index contributed by atoms with van der Waals surface area (Å²) < 4.78 is 28.0. The first-order valence-corrected chi connectivity index (χ1v) is 9.12. The zero-order valence-corrected chi connectivity index (χ0v) is 14.2. The predicted molar refractivity (Wildman–Crippen MR) is 83.8 cm³/mol. The first-order chi connectivity index (χ1) is 10.3. The van der Waals surface area contributed by atoms with Crippen molar-refractivity contribution < 1.29 is 13.2 Å². The number of carbonyl (C=O) groups is 1. The zero-order chi connectivity index (χ0) is 16.4. The Morgan fingerprint density at radius 1 is 1.41 bits per heavy atom. The maximum absolute atomic E-state index is 12.8. The van der Waals surface area contributed by atoms with Crippen molar-refractivity contribution in [1.29, 1.82) is 0 Å². The SMILES string of the molecule is CCCS(=O)(=O)N1CCCC(C(=O)N(C)C)(n2ccnc2)C1. The Hall–Kier alpha value is -1.41. The number of imidazole rings is 1. The van der Waals surface area contributed by atoms with Crippen LogP contribution in [0.5, 0.6) is 0 Å². The first-order valence-electron chi connectivity index (χ1n) is 7.51. The van der Waals surface area contributed by atoms with Crippen LogP contribution in [-0.2, 0) is 20.4 Å². The largest absolute Gasteiger partial charge is 0.347 e.